The summed E-state index contributed by atoms with van der Waals surface area (Å²) in [6.45, 7) is 5.35. The summed E-state index contributed by atoms with van der Waals surface area (Å²) in [5.74, 6) is 2.11. The van der Waals surface area contributed by atoms with E-state index in [-0.39, 0.29) is 35.9 Å². The molecule has 0 amide bonds. The van der Waals surface area contributed by atoms with E-state index in [0.717, 1.165) is 24.5 Å². The Morgan fingerprint density at radius 3 is 2.52 bits per heavy atom. The number of aromatic nitrogens is 1. The normalized spacial score (nSPS) is 14.9. The van der Waals surface area contributed by atoms with Crippen LogP contribution in [0.25, 0.3) is 0 Å². The van der Waals surface area contributed by atoms with E-state index in [1.54, 1.807) is 19.2 Å². The predicted molar refractivity (Wildman–Crippen MR) is 126 cm³/mol. The SMILES string of the molecule is CN=C(NCc1ccc(N2CCCC2)nc1)NCC(C)Oc1ccc(F)cc1.I. The van der Waals surface area contributed by atoms with Crippen LogP contribution in [-0.4, -0.2) is 43.7 Å². The van der Waals surface area contributed by atoms with Crippen LogP contribution < -0.4 is 20.3 Å². The third-order valence-electron chi connectivity index (χ3n) is 4.63. The number of aliphatic imine (C=N–C) groups is 1. The summed E-state index contributed by atoms with van der Waals surface area (Å²) in [5, 5.41) is 6.52. The molecular formula is C21H29FIN5O. The third kappa shape index (κ3) is 7.34. The summed E-state index contributed by atoms with van der Waals surface area (Å²) in [5.41, 5.74) is 1.10. The smallest absolute Gasteiger partial charge is 0.191 e. The molecule has 0 aliphatic carbocycles. The molecule has 2 aromatic rings. The fourth-order valence-corrected chi connectivity index (χ4v) is 3.09. The van der Waals surface area contributed by atoms with Crippen molar-refractivity contribution in [1.82, 2.24) is 15.6 Å². The second-order valence-electron chi connectivity index (χ2n) is 6.91. The maximum Gasteiger partial charge on any atom is 0.191 e. The van der Waals surface area contributed by atoms with E-state index in [2.05, 4.69) is 37.6 Å². The van der Waals surface area contributed by atoms with Crippen LogP contribution in [0.3, 0.4) is 0 Å². The van der Waals surface area contributed by atoms with E-state index < -0.39 is 0 Å². The minimum absolute atomic E-state index is 0. The average Bonchev–Trinajstić information content (AvgIpc) is 3.25. The van der Waals surface area contributed by atoms with Crippen LogP contribution in [0.2, 0.25) is 0 Å². The molecule has 158 valence electrons. The van der Waals surface area contributed by atoms with Gasteiger partial charge < -0.3 is 20.3 Å². The van der Waals surface area contributed by atoms with Gasteiger partial charge in [0.1, 0.15) is 23.5 Å². The van der Waals surface area contributed by atoms with Crippen molar-refractivity contribution in [3.8, 4) is 5.75 Å². The van der Waals surface area contributed by atoms with Gasteiger partial charge in [0, 0.05) is 32.9 Å². The van der Waals surface area contributed by atoms with Crippen LogP contribution in [0, 0.1) is 5.82 Å². The fraction of sp³-hybridized carbons (Fsp3) is 0.429. The average molecular weight is 513 g/mol. The zero-order valence-corrected chi connectivity index (χ0v) is 19.2. The molecule has 0 saturated carbocycles. The molecule has 1 saturated heterocycles. The molecule has 8 heteroatoms. The first-order chi connectivity index (χ1) is 13.6. The van der Waals surface area contributed by atoms with Crippen molar-refractivity contribution in [3.05, 3.63) is 54.0 Å². The standard InChI is InChI=1S/C21H28FN5O.HI/c1-16(28-19-8-6-18(22)7-9-19)13-25-21(23-2)26-15-17-5-10-20(24-14-17)27-11-3-4-12-27;/h5-10,14,16H,3-4,11-13,15H2,1-2H3,(H2,23,25,26);1H. The summed E-state index contributed by atoms with van der Waals surface area (Å²) >= 11 is 0. The third-order valence-corrected chi connectivity index (χ3v) is 4.63. The van der Waals surface area contributed by atoms with Crippen molar-refractivity contribution < 1.29 is 9.13 Å². The Morgan fingerprint density at radius 1 is 1.17 bits per heavy atom. The van der Waals surface area contributed by atoms with Crippen LogP contribution in [0.4, 0.5) is 10.2 Å². The Balaban J connectivity index is 0.00000300. The summed E-state index contributed by atoms with van der Waals surface area (Å²) in [6.07, 6.45) is 4.31. The molecule has 1 aromatic carbocycles. The van der Waals surface area contributed by atoms with Crippen LogP contribution in [0.1, 0.15) is 25.3 Å². The molecule has 1 aliphatic heterocycles. The summed E-state index contributed by atoms with van der Waals surface area (Å²) in [7, 11) is 1.73. The van der Waals surface area contributed by atoms with Crippen molar-refractivity contribution >= 4 is 35.8 Å². The molecule has 2 N–H and O–H groups in total. The first-order valence-corrected chi connectivity index (χ1v) is 9.70. The highest BCUT2D eigenvalue weighted by Gasteiger charge is 2.13. The number of rotatable bonds is 7. The molecule has 0 bridgehead atoms. The van der Waals surface area contributed by atoms with Crippen LogP contribution >= 0.6 is 24.0 Å². The van der Waals surface area contributed by atoms with E-state index in [1.807, 2.05) is 13.1 Å². The van der Waals surface area contributed by atoms with Gasteiger partial charge in [-0.15, -0.1) is 24.0 Å². The van der Waals surface area contributed by atoms with Gasteiger partial charge in [0.2, 0.25) is 0 Å². The van der Waals surface area contributed by atoms with Gasteiger partial charge in [-0.1, -0.05) is 6.07 Å². The van der Waals surface area contributed by atoms with Gasteiger partial charge in [-0.2, -0.15) is 0 Å². The van der Waals surface area contributed by atoms with Gasteiger partial charge >= 0.3 is 0 Å². The first-order valence-electron chi connectivity index (χ1n) is 9.70. The molecule has 1 fully saturated rings. The predicted octanol–water partition coefficient (Wildman–Crippen LogP) is 3.57. The summed E-state index contributed by atoms with van der Waals surface area (Å²) < 4.78 is 18.7. The van der Waals surface area contributed by atoms with Crippen molar-refractivity contribution in [3.63, 3.8) is 0 Å². The van der Waals surface area contributed by atoms with E-state index in [4.69, 9.17) is 4.74 Å². The van der Waals surface area contributed by atoms with Gasteiger partial charge in [-0.3, -0.25) is 4.99 Å². The monoisotopic (exact) mass is 513 g/mol. The van der Waals surface area contributed by atoms with Gasteiger partial charge in [0.05, 0.1) is 6.54 Å². The molecule has 3 rings (SSSR count). The second kappa shape index (κ2) is 11.8. The first kappa shape index (κ1) is 23.2. The molecule has 29 heavy (non-hydrogen) atoms. The van der Waals surface area contributed by atoms with E-state index in [1.165, 1.54) is 25.0 Å². The number of nitrogens with zero attached hydrogens (tertiary/aromatic N) is 3. The van der Waals surface area contributed by atoms with Gasteiger partial charge in [-0.25, -0.2) is 9.37 Å². The van der Waals surface area contributed by atoms with Crippen molar-refractivity contribution in [2.75, 3.05) is 31.6 Å². The lowest BCUT2D eigenvalue weighted by atomic mass is 10.3. The summed E-state index contributed by atoms with van der Waals surface area (Å²) in [6, 6.07) is 10.2. The Morgan fingerprint density at radius 2 is 1.90 bits per heavy atom. The number of hydrogen-bond acceptors (Lipinski definition) is 4. The molecular weight excluding hydrogens is 484 g/mol. The number of halogens is 2. The van der Waals surface area contributed by atoms with Crippen LogP contribution in [-0.2, 0) is 6.54 Å². The van der Waals surface area contributed by atoms with Gasteiger partial charge in [0.25, 0.3) is 0 Å². The van der Waals surface area contributed by atoms with E-state index in [9.17, 15) is 4.39 Å². The highest BCUT2D eigenvalue weighted by atomic mass is 127. The minimum atomic E-state index is -0.273. The molecule has 2 heterocycles. The molecule has 0 spiro atoms. The number of ether oxygens (including phenoxy) is 1. The van der Waals surface area contributed by atoms with Crippen LogP contribution in [0.5, 0.6) is 5.75 Å². The van der Waals surface area contributed by atoms with Crippen molar-refractivity contribution in [1.29, 1.82) is 0 Å². The Labute approximate surface area is 189 Å². The van der Waals surface area contributed by atoms with Gasteiger partial charge in [-0.05, 0) is 55.7 Å². The number of pyridine rings is 1. The fourth-order valence-electron chi connectivity index (χ4n) is 3.09. The topological polar surface area (TPSA) is 61.8 Å². The number of anilines is 1. The number of benzene rings is 1. The molecule has 1 aliphatic rings. The zero-order chi connectivity index (χ0) is 19.8. The minimum Gasteiger partial charge on any atom is -0.489 e. The van der Waals surface area contributed by atoms with Crippen molar-refractivity contribution in [2.24, 2.45) is 4.99 Å². The number of hydrogen-bond donors (Lipinski definition) is 2. The maximum absolute atomic E-state index is 13.0. The molecule has 1 atom stereocenters. The summed E-state index contributed by atoms with van der Waals surface area (Å²) in [4.78, 5) is 11.1. The highest BCUT2D eigenvalue weighted by molar-refractivity contribution is 14.0. The molecule has 6 nitrogen and oxygen atoms in total. The lowest BCUT2D eigenvalue weighted by Gasteiger charge is -2.18. The molecule has 1 aromatic heterocycles. The van der Waals surface area contributed by atoms with Crippen LogP contribution in [0.15, 0.2) is 47.6 Å². The highest BCUT2D eigenvalue weighted by Crippen LogP contribution is 2.17. The largest absolute Gasteiger partial charge is 0.489 e. The number of nitrogens with one attached hydrogen (secondary N) is 2. The Bertz CT molecular complexity index is 764. The quantitative estimate of drug-likeness (QED) is 0.337. The van der Waals surface area contributed by atoms with Crippen molar-refractivity contribution in [2.45, 2.75) is 32.4 Å². The lowest BCUT2D eigenvalue weighted by Crippen LogP contribution is -2.41. The van der Waals surface area contributed by atoms with Gasteiger partial charge in [0.15, 0.2) is 5.96 Å². The Hall–Kier alpha value is -2.10. The van der Waals surface area contributed by atoms with E-state index in [0.29, 0.717) is 24.8 Å². The maximum atomic E-state index is 13.0. The molecule has 0 radical (unpaired) electrons. The zero-order valence-electron chi connectivity index (χ0n) is 16.9. The van der Waals surface area contributed by atoms with E-state index >= 15 is 0 Å². The second-order valence-corrected chi connectivity index (χ2v) is 6.91. The number of guanidine groups is 1. The molecule has 1 unspecified atom stereocenters. The lowest BCUT2D eigenvalue weighted by molar-refractivity contribution is 0.223. The Kier molecular flexibility index (Phi) is 9.43.